The Bertz CT molecular complexity index is 369. The van der Waals surface area contributed by atoms with E-state index < -0.39 is 11.7 Å². The Morgan fingerprint density at radius 1 is 1.30 bits per heavy atom. The molecule has 1 heterocycles. The van der Waals surface area contributed by atoms with E-state index in [-0.39, 0.29) is 11.4 Å². The van der Waals surface area contributed by atoms with Crippen LogP contribution in [0.25, 0.3) is 0 Å². The van der Waals surface area contributed by atoms with Crippen LogP contribution in [0.4, 0.5) is 4.79 Å². The Morgan fingerprint density at radius 3 is 2.40 bits per heavy atom. The second kappa shape index (κ2) is 5.99. The van der Waals surface area contributed by atoms with E-state index in [0.717, 1.165) is 0 Å². The van der Waals surface area contributed by atoms with E-state index >= 15 is 0 Å². The molecule has 0 aromatic carbocycles. The van der Waals surface area contributed by atoms with Crippen molar-refractivity contribution < 1.29 is 14.3 Å². The summed E-state index contributed by atoms with van der Waals surface area (Å²) in [4.78, 5) is 24.2. The molecular weight excluding hydrogens is 258 g/mol. The Balaban J connectivity index is 2.74. The molecule has 116 valence electrons. The molecule has 2 N–H and O–H groups in total. The zero-order valence-corrected chi connectivity index (χ0v) is 13.2. The summed E-state index contributed by atoms with van der Waals surface area (Å²) < 4.78 is 5.35. The van der Waals surface area contributed by atoms with Crippen LogP contribution in [0.1, 0.15) is 53.9 Å². The molecule has 1 aliphatic rings. The fourth-order valence-electron chi connectivity index (χ4n) is 1.91. The van der Waals surface area contributed by atoms with Gasteiger partial charge >= 0.3 is 6.09 Å². The van der Waals surface area contributed by atoms with E-state index in [0.29, 0.717) is 32.4 Å². The lowest BCUT2D eigenvalue weighted by Gasteiger charge is -2.39. The summed E-state index contributed by atoms with van der Waals surface area (Å²) in [6.07, 6.45) is 1.28. The topological polar surface area (TPSA) is 75.9 Å². The standard InChI is InChI=1S/C14H27N3O3/c1-13(2,3)20-12(19)17-9-6-7-11(18)16(17)10-8-14(4,5)15/h6-10,15H2,1-5H3. The van der Waals surface area contributed by atoms with Gasteiger partial charge in [0.1, 0.15) is 5.60 Å². The molecule has 1 rings (SSSR count). The van der Waals surface area contributed by atoms with Crippen molar-refractivity contribution in [2.75, 3.05) is 13.1 Å². The average molecular weight is 285 g/mol. The maximum Gasteiger partial charge on any atom is 0.429 e. The Labute approximate surface area is 121 Å². The maximum atomic E-state index is 12.2. The second-order valence-corrected chi connectivity index (χ2v) is 6.96. The van der Waals surface area contributed by atoms with Crippen molar-refractivity contribution in [3.63, 3.8) is 0 Å². The molecule has 0 radical (unpaired) electrons. The van der Waals surface area contributed by atoms with Gasteiger partial charge in [-0.1, -0.05) is 0 Å². The number of nitrogens with two attached hydrogens (primary N) is 1. The van der Waals surface area contributed by atoms with E-state index in [1.807, 2.05) is 34.6 Å². The van der Waals surface area contributed by atoms with Crippen molar-refractivity contribution in [3.8, 4) is 0 Å². The second-order valence-electron chi connectivity index (χ2n) is 6.96. The molecular formula is C14H27N3O3. The highest BCUT2D eigenvalue weighted by atomic mass is 16.6. The van der Waals surface area contributed by atoms with Gasteiger partial charge < -0.3 is 10.5 Å². The molecule has 0 aromatic rings. The quantitative estimate of drug-likeness (QED) is 0.859. The lowest BCUT2D eigenvalue weighted by atomic mass is 10.0. The highest BCUT2D eigenvalue weighted by Crippen LogP contribution is 2.19. The van der Waals surface area contributed by atoms with Crippen molar-refractivity contribution in [2.45, 2.75) is 65.0 Å². The molecule has 0 spiro atoms. The first-order chi connectivity index (χ1) is 8.99. The molecule has 0 saturated carbocycles. The van der Waals surface area contributed by atoms with Crippen molar-refractivity contribution in [1.82, 2.24) is 10.0 Å². The highest BCUT2D eigenvalue weighted by molar-refractivity contribution is 5.80. The maximum absolute atomic E-state index is 12.2. The minimum Gasteiger partial charge on any atom is -0.442 e. The van der Waals surface area contributed by atoms with Crippen LogP contribution >= 0.6 is 0 Å². The third-order valence-corrected chi connectivity index (χ3v) is 2.91. The van der Waals surface area contributed by atoms with Crippen LogP contribution in [-0.2, 0) is 9.53 Å². The molecule has 20 heavy (non-hydrogen) atoms. The van der Waals surface area contributed by atoms with Gasteiger partial charge in [-0.25, -0.2) is 14.8 Å². The summed E-state index contributed by atoms with van der Waals surface area (Å²) in [7, 11) is 0. The van der Waals surface area contributed by atoms with Crippen LogP contribution in [0.3, 0.4) is 0 Å². The Hall–Kier alpha value is -1.30. The summed E-state index contributed by atoms with van der Waals surface area (Å²) in [5.74, 6) is -0.0497. The van der Waals surface area contributed by atoms with Gasteiger partial charge in [-0.15, -0.1) is 0 Å². The van der Waals surface area contributed by atoms with Crippen LogP contribution in [0.5, 0.6) is 0 Å². The van der Waals surface area contributed by atoms with Gasteiger partial charge in [-0.05, 0) is 47.5 Å². The largest absolute Gasteiger partial charge is 0.442 e. The van der Waals surface area contributed by atoms with Gasteiger partial charge in [0.25, 0.3) is 0 Å². The van der Waals surface area contributed by atoms with Gasteiger partial charge in [0.2, 0.25) is 5.91 Å². The monoisotopic (exact) mass is 285 g/mol. The van der Waals surface area contributed by atoms with Crippen LogP contribution in [-0.4, -0.2) is 46.2 Å². The molecule has 0 unspecified atom stereocenters. The molecule has 0 bridgehead atoms. The number of carbonyl (C=O) groups excluding carboxylic acids is 2. The lowest BCUT2D eigenvalue weighted by Crippen LogP contribution is -2.55. The Kier molecular flexibility index (Phi) is 5.02. The zero-order chi connectivity index (χ0) is 15.6. The minimum atomic E-state index is -0.573. The molecule has 0 aromatic heterocycles. The zero-order valence-electron chi connectivity index (χ0n) is 13.2. The third-order valence-electron chi connectivity index (χ3n) is 2.91. The van der Waals surface area contributed by atoms with Crippen molar-refractivity contribution in [3.05, 3.63) is 0 Å². The van der Waals surface area contributed by atoms with E-state index in [4.69, 9.17) is 10.5 Å². The smallest absolute Gasteiger partial charge is 0.429 e. The predicted octanol–water partition coefficient (Wildman–Crippen LogP) is 1.89. The summed E-state index contributed by atoms with van der Waals surface area (Å²) >= 11 is 0. The molecule has 2 amide bonds. The van der Waals surface area contributed by atoms with Crippen molar-refractivity contribution in [2.24, 2.45) is 5.73 Å². The number of hydrogen-bond acceptors (Lipinski definition) is 4. The van der Waals surface area contributed by atoms with Crippen LogP contribution in [0, 0.1) is 0 Å². The van der Waals surface area contributed by atoms with Crippen LogP contribution in [0.2, 0.25) is 0 Å². The SMILES string of the molecule is CC(C)(N)CCN1C(=O)CCCN1C(=O)OC(C)(C)C. The van der Waals surface area contributed by atoms with Crippen molar-refractivity contribution in [1.29, 1.82) is 0 Å². The first-order valence-corrected chi connectivity index (χ1v) is 7.09. The normalized spacial score (nSPS) is 17.4. The van der Waals surface area contributed by atoms with Crippen LogP contribution < -0.4 is 5.73 Å². The summed E-state index contributed by atoms with van der Waals surface area (Å²) in [6, 6.07) is 0. The first kappa shape index (κ1) is 16.8. The average Bonchev–Trinajstić information content (AvgIpc) is 2.23. The third kappa shape index (κ3) is 5.36. The first-order valence-electron chi connectivity index (χ1n) is 7.09. The number of hydrogen-bond donors (Lipinski definition) is 1. The summed E-state index contributed by atoms with van der Waals surface area (Å²) in [5.41, 5.74) is 5.00. The summed E-state index contributed by atoms with van der Waals surface area (Å²) in [6.45, 7) is 10.2. The van der Waals surface area contributed by atoms with Crippen molar-refractivity contribution >= 4 is 12.0 Å². The van der Waals surface area contributed by atoms with Gasteiger partial charge in [0, 0.05) is 25.0 Å². The van der Waals surface area contributed by atoms with E-state index in [9.17, 15) is 9.59 Å². The molecule has 1 fully saturated rings. The molecule has 6 nitrogen and oxygen atoms in total. The van der Waals surface area contributed by atoms with E-state index in [1.54, 1.807) is 0 Å². The van der Waals surface area contributed by atoms with Gasteiger partial charge in [0.05, 0.1) is 0 Å². The molecule has 0 aliphatic carbocycles. The fraction of sp³-hybridized carbons (Fsp3) is 0.857. The molecule has 1 saturated heterocycles. The number of carbonyl (C=O) groups is 2. The van der Waals surface area contributed by atoms with E-state index in [2.05, 4.69) is 0 Å². The van der Waals surface area contributed by atoms with Gasteiger partial charge in [-0.3, -0.25) is 4.79 Å². The van der Waals surface area contributed by atoms with Gasteiger partial charge in [-0.2, -0.15) is 0 Å². The summed E-state index contributed by atoms with van der Waals surface area (Å²) in [5, 5.41) is 2.88. The number of rotatable bonds is 3. The minimum absolute atomic E-state index is 0.0497. The van der Waals surface area contributed by atoms with Crippen LogP contribution in [0.15, 0.2) is 0 Å². The molecule has 0 atom stereocenters. The number of hydrazine groups is 1. The van der Waals surface area contributed by atoms with Gasteiger partial charge in [0.15, 0.2) is 0 Å². The molecule has 1 aliphatic heterocycles. The number of ether oxygens (including phenoxy) is 1. The molecule has 6 heteroatoms. The fourth-order valence-corrected chi connectivity index (χ4v) is 1.91. The van der Waals surface area contributed by atoms with E-state index in [1.165, 1.54) is 10.0 Å². The predicted molar refractivity (Wildman–Crippen MR) is 76.8 cm³/mol. The number of amides is 2. The Morgan fingerprint density at radius 2 is 1.90 bits per heavy atom. The lowest BCUT2D eigenvalue weighted by molar-refractivity contribution is -0.154. The number of nitrogens with zero attached hydrogens (tertiary/aromatic N) is 2. The highest BCUT2D eigenvalue weighted by Gasteiger charge is 2.33.